The van der Waals surface area contributed by atoms with E-state index in [2.05, 4.69) is 55.4 Å². The standard InChI is InChI=1S/C16H26N2/c1-13(2)8-9-18(3)12-16-10-14-6-4-5-7-15(14)11-17-16/h4-7,13,16-17H,8-12H2,1-3H3. The second-order valence-corrected chi connectivity index (χ2v) is 6.00. The summed E-state index contributed by atoms with van der Waals surface area (Å²) in [4.78, 5) is 2.46. The van der Waals surface area contributed by atoms with Gasteiger partial charge in [0.25, 0.3) is 0 Å². The van der Waals surface area contributed by atoms with Crippen molar-refractivity contribution in [2.75, 3.05) is 20.1 Å². The molecule has 2 heteroatoms. The lowest BCUT2D eigenvalue weighted by Gasteiger charge is -2.30. The molecule has 0 aliphatic carbocycles. The first-order valence-corrected chi connectivity index (χ1v) is 7.14. The largest absolute Gasteiger partial charge is 0.308 e. The lowest BCUT2D eigenvalue weighted by molar-refractivity contribution is 0.266. The molecule has 1 atom stereocenters. The number of hydrogen-bond donors (Lipinski definition) is 1. The van der Waals surface area contributed by atoms with Crippen LogP contribution >= 0.6 is 0 Å². The Morgan fingerprint density at radius 3 is 2.72 bits per heavy atom. The minimum absolute atomic E-state index is 0.608. The maximum atomic E-state index is 3.65. The summed E-state index contributed by atoms with van der Waals surface area (Å²) >= 11 is 0. The average Bonchev–Trinajstić information content (AvgIpc) is 2.36. The molecule has 18 heavy (non-hydrogen) atoms. The molecule has 0 radical (unpaired) electrons. The number of nitrogens with zero attached hydrogens (tertiary/aromatic N) is 1. The van der Waals surface area contributed by atoms with E-state index in [-0.39, 0.29) is 0 Å². The highest BCUT2D eigenvalue weighted by atomic mass is 15.1. The van der Waals surface area contributed by atoms with Gasteiger partial charge in [0.2, 0.25) is 0 Å². The number of fused-ring (bicyclic) bond motifs is 1. The maximum absolute atomic E-state index is 3.65. The summed E-state index contributed by atoms with van der Waals surface area (Å²) in [7, 11) is 2.24. The lowest BCUT2D eigenvalue weighted by atomic mass is 9.95. The maximum Gasteiger partial charge on any atom is 0.0238 e. The van der Waals surface area contributed by atoms with Gasteiger partial charge in [-0.25, -0.2) is 0 Å². The number of rotatable bonds is 5. The normalized spacial score (nSPS) is 19.3. The zero-order valence-corrected chi connectivity index (χ0v) is 11.9. The molecule has 2 nitrogen and oxygen atoms in total. The van der Waals surface area contributed by atoms with Crippen LogP contribution in [0.5, 0.6) is 0 Å². The first kappa shape index (κ1) is 13.6. The van der Waals surface area contributed by atoms with Gasteiger partial charge < -0.3 is 10.2 Å². The van der Waals surface area contributed by atoms with Crippen LogP contribution < -0.4 is 5.32 Å². The van der Waals surface area contributed by atoms with E-state index < -0.39 is 0 Å². The fraction of sp³-hybridized carbons (Fsp3) is 0.625. The van der Waals surface area contributed by atoms with Gasteiger partial charge in [0, 0.05) is 19.1 Å². The molecule has 1 aliphatic rings. The zero-order chi connectivity index (χ0) is 13.0. The monoisotopic (exact) mass is 246 g/mol. The molecular weight excluding hydrogens is 220 g/mol. The van der Waals surface area contributed by atoms with E-state index in [1.165, 1.54) is 30.5 Å². The molecule has 0 amide bonds. The third kappa shape index (κ3) is 3.82. The van der Waals surface area contributed by atoms with E-state index in [4.69, 9.17) is 0 Å². The molecule has 0 aromatic heterocycles. The third-order valence-corrected chi connectivity index (χ3v) is 3.79. The molecular formula is C16H26N2. The van der Waals surface area contributed by atoms with Gasteiger partial charge in [-0.05, 0) is 43.5 Å². The van der Waals surface area contributed by atoms with Gasteiger partial charge in [-0.1, -0.05) is 38.1 Å². The summed E-state index contributed by atoms with van der Waals surface area (Å²) in [6.45, 7) is 7.98. The van der Waals surface area contributed by atoms with Crippen molar-refractivity contribution in [1.29, 1.82) is 0 Å². The number of benzene rings is 1. The van der Waals surface area contributed by atoms with Crippen molar-refractivity contribution < 1.29 is 0 Å². The van der Waals surface area contributed by atoms with Crippen LogP contribution in [0.4, 0.5) is 0 Å². The number of nitrogens with one attached hydrogen (secondary N) is 1. The molecule has 0 spiro atoms. The molecule has 0 saturated heterocycles. The topological polar surface area (TPSA) is 15.3 Å². The van der Waals surface area contributed by atoms with Crippen molar-refractivity contribution >= 4 is 0 Å². The average molecular weight is 246 g/mol. The zero-order valence-electron chi connectivity index (χ0n) is 11.9. The van der Waals surface area contributed by atoms with Crippen molar-refractivity contribution in [3.8, 4) is 0 Å². The minimum Gasteiger partial charge on any atom is -0.308 e. The highest BCUT2D eigenvalue weighted by molar-refractivity contribution is 5.29. The quantitative estimate of drug-likeness (QED) is 0.859. The Balaban J connectivity index is 1.82. The molecule has 2 rings (SSSR count). The summed E-state index contributed by atoms with van der Waals surface area (Å²) < 4.78 is 0. The van der Waals surface area contributed by atoms with Crippen LogP contribution in [0.15, 0.2) is 24.3 Å². The second kappa shape index (κ2) is 6.35. The molecule has 0 bridgehead atoms. The Morgan fingerprint density at radius 2 is 2.00 bits per heavy atom. The Hall–Kier alpha value is -0.860. The van der Waals surface area contributed by atoms with E-state index in [9.17, 15) is 0 Å². The van der Waals surface area contributed by atoms with Crippen LogP contribution in [0, 0.1) is 5.92 Å². The van der Waals surface area contributed by atoms with E-state index in [1.54, 1.807) is 0 Å². The van der Waals surface area contributed by atoms with E-state index in [1.807, 2.05) is 0 Å². The summed E-state index contributed by atoms with van der Waals surface area (Å²) in [5.74, 6) is 0.799. The number of hydrogen-bond acceptors (Lipinski definition) is 2. The lowest BCUT2D eigenvalue weighted by Crippen LogP contribution is -2.43. The number of likely N-dealkylation sites (N-methyl/N-ethyl adjacent to an activating group) is 1. The summed E-state index contributed by atoms with van der Waals surface area (Å²) in [6.07, 6.45) is 2.46. The molecule has 1 aromatic carbocycles. The van der Waals surface area contributed by atoms with Gasteiger partial charge in [0.1, 0.15) is 0 Å². The Kier molecular flexibility index (Phi) is 4.79. The molecule has 1 unspecified atom stereocenters. The smallest absolute Gasteiger partial charge is 0.0238 e. The SMILES string of the molecule is CC(C)CCN(C)CC1Cc2ccccc2CN1. The predicted molar refractivity (Wildman–Crippen MR) is 77.7 cm³/mol. The van der Waals surface area contributed by atoms with Gasteiger partial charge in [0.15, 0.2) is 0 Å². The summed E-state index contributed by atoms with van der Waals surface area (Å²) in [5.41, 5.74) is 3.00. The van der Waals surface area contributed by atoms with E-state index in [0.717, 1.165) is 19.0 Å². The van der Waals surface area contributed by atoms with Gasteiger partial charge in [0.05, 0.1) is 0 Å². The first-order chi connectivity index (χ1) is 8.65. The highest BCUT2D eigenvalue weighted by Crippen LogP contribution is 2.16. The Morgan fingerprint density at radius 1 is 1.28 bits per heavy atom. The van der Waals surface area contributed by atoms with E-state index >= 15 is 0 Å². The van der Waals surface area contributed by atoms with Gasteiger partial charge in [-0.2, -0.15) is 0 Å². The molecule has 0 fully saturated rings. The Bertz CT molecular complexity index is 373. The van der Waals surface area contributed by atoms with Crippen LogP contribution in [0.2, 0.25) is 0 Å². The van der Waals surface area contributed by atoms with Crippen LogP contribution in [-0.4, -0.2) is 31.1 Å². The van der Waals surface area contributed by atoms with Crippen molar-refractivity contribution in [2.45, 2.75) is 39.3 Å². The van der Waals surface area contributed by atoms with Crippen LogP contribution in [0.3, 0.4) is 0 Å². The van der Waals surface area contributed by atoms with Gasteiger partial charge >= 0.3 is 0 Å². The molecule has 1 heterocycles. The molecule has 100 valence electrons. The third-order valence-electron chi connectivity index (χ3n) is 3.79. The highest BCUT2D eigenvalue weighted by Gasteiger charge is 2.18. The fourth-order valence-electron chi connectivity index (χ4n) is 2.60. The van der Waals surface area contributed by atoms with Crippen LogP contribution in [-0.2, 0) is 13.0 Å². The van der Waals surface area contributed by atoms with Crippen molar-refractivity contribution in [1.82, 2.24) is 10.2 Å². The second-order valence-electron chi connectivity index (χ2n) is 6.00. The molecule has 1 aromatic rings. The van der Waals surface area contributed by atoms with Crippen LogP contribution in [0.1, 0.15) is 31.4 Å². The fourth-order valence-corrected chi connectivity index (χ4v) is 2.60. The van der Waals surface area contributed by atoms with Crippen molar-refractivity contribution in [2.24, 2.45) is 5.92 Å². The molecule has 1 N–H and O–H groups in total. The minimum atomic E-state index is 0.608. The summed E-state index contributed by atoms with van der Waals surface area (Å²) in [5, 5.41) is 3.65. The van der Waals surface area contributed by atoms with Crippen LogP contribution in [0.25, 0.3) is 0 Å². The first-order valence-electron chi connectivity index (χ1n) is 7.14. The van der Waals surface area contributed by atoms with Gasteiger partial charge in [-0.15, -0.1) is 0 Å². The van der Waals surface area contributed by atoms with E-state index in [0.29, 0.717) is 6.04 Å². The van der Waals surface area contributed by atoms with Gasteiger partial charge in [-0.3, -0.25) is 0 Å². The van der Waals surface area contributed by atoms with Crippen molar-refractivity contribution in [3.63, 3.8) is 0 Å². The predicted octanol–water partition coefficient (Wildman–Crippen LogP) is 2.68. The Labute approximate surface area is 111 Å². The summed E-state index contributed by atoms with van der Waals surface area (Å²) in [6, 6.07) is 9.41. The van der Waals surface area contributed by atoms with Crippen molar-refractivity contribution in [3.05, 3.63) is 35.4 Å². The molecule has 1 aliphatic heterocycles. The molecule has 0 saturated carbocycles.